The number of amides is 1. The fraction of sp³-hybridized carbons (Fsp3) is 0.167. The molecule has 1 aromatic carbocycles. The molecule has 2 aromatic rings. The molecule has 0 aliphatic rings. The Kier molecular flexibility index (Phi) is 3.96. The average molecular weight is 297 g/mol. The number of nitrogens with two attached hydrogens (primary N) is 1. The number of rotatable bonds is 3. The Balaban J connectivity index is 2.07. The molecule has 0 fully saturated rings. The number of nitrogens with one attached hydrogen (secondary N) is 1. The molecule has 0 aliphatic heterocycles. The highest BCUT2D eigenvalue weighted by Gasteiger charge is 2.14. The van der Waals surface area contributed by atoms with Crippen LogP contribution in [-0.4, -0.2) is 10.5 Å². The van der Waals surface area contributed by atoms with Crippen molar-refractivity contribution in [2.45, 2.75) is 6.54 Å². The van der Waals surface area contributed by atoms with Crippen LogP contribution in [0.2, 0.25) is 0 Å². The Labute approximate surface area is 118 Å². The van der Waals surface area contributed by atoms with E-state index < -0.39 is 0 Å². The zero-order valence-electron chi connectivity index (χ0n) is 10.1. The third-order valence-electron chi connectivity index (χ3n) is 2.63. The third-order valence-corrected chi connectivity index (χ3v) is 4.20. The number of anilines is 1. The Morgan fingerprint density at radius 1 is 1.47 bits per heavy atom. The summed E-state index contributed by atoms with van der Waals surface area (Å²) in [6, 6.07) is 5.93. The SMILES string of the molecule is Cn1c(N)c(C(=O)NCc2ccc(F)cc2)sc1=S. The lowest BCUT2D eigenvalue weighted by molar-refractivity contribution is 0.0955. The van der Waals surface area contributed by atoms with Gasteiger partial charge in [0.2, 0.25) is 0 Å². The zero-order valence-corrected chi connectivity index (χ0v) is 11.8. The lowest BCUT2D eigenvalue weighted by Crippen LogP contribution is -2.23. The maximum atomic E-state index is 12.7. The van der Waals surface area contributed by atoms with Gasteiger partial charge in [-0.2, -0.15) is 0 Å². The molecule has 7 heteroatoms. The second-order valence-electron chi connectivity index (χ2n) is 3.95. The highest BCUT2D eigenvalue weighted by molar-refractivity contribution is 7.73. The monoisotopic (exact) mass is 297 g/mol. The van der Waals surface area contributed by atoms with Crippen LogP contribution in [0.5, 0.6) is 0 Å². The van der Waals surface area contributed by atoms with Crippen molar-refractivity contribution < 1.29 is 9.18 Å². The van der Waals surface area contributed by atoms with Crippen LogP contribution in [0.1, 0.15) is 15.2 Å². The summed E-state index contributed by atoms with van der Waals surface area (Å²) in [4.78, 5) is 12.4. The van der Waals surface area contributed by atoms with Crippen molar-refractivity contribution in [1.82, 2.24) is 9.88 Å². The van der Waals surface area contributed by atoms with Crippen LogP contribution in [-0.2, 0) is 13.6 Å². The number of hydrogen-bond donors (Lipinski definition) is 2. The molecular formula is C12H12FN3OS2. The number of halogens is 1. The Bertz CT molecular complexity index is 661. The summed E-state index contributed by atoms with van der Waals surface area (Å²) < 4.78 is 14.9. The molecule has 1 amide bonds. The fourth-order valence-electron chi connectivity index (χ4n) is 1.49. The van der Waals surface area contributed by atoms with Crippen molar-refractivity contribution in [3.63, 3.8) is 0 Å². The van der Waals surface area contributed by atoms with Gasteiger partial charge in [0.15, 0.2) is 3.95 Å². The van der Waals surface area contributed by atoms with E-state index in [1.54, 1.807) is 23.7 Å². The van der Waals surface area contributed by atoms with E-state index in [0.717, 1.165) is 5.56 Å². The Hall–Kier alpha value is -1.73. The minimum Gasteiger partial charge on any atom is -0.384 e. The molecule has 0 unspecified atom stereocenters. The molecule has 1 aromatic heterocycles. The van der Waals surface area contributed by atoms with Gasteiger partial charge in [0, 0.05) is 13.6 Å². The average Bonchev–Trinajstić information content (AvgIpc) is 2.65. The molecule has 0 radical (unpaired) electrons. The second kappa shape index (κ2) is 5.50. The van der Waals surface area contributed by atoms with Gasteiger partial charge in [0.1, 0.15) is 16.5 Å². The molecule has 0 bridgehead atoms. The van der Waals surface area contributed by atoms with E-state index in [1.165, 1.54) is 23.5 Å². The third kappa shape index (κ3) is 2.99. The number of carbonyl (C=O) groups excluding carboxylic acids is 1. The number of nitrogens with zero attached hydrogens (tertiary/aromatic N) is 1. The minimum atomic E-state index is -0.305. The Morgan fingerprint density at radius 2 is 2.11 bits per heavy atom. The van der Waals surface area contributed by atoms with Crippen LogP contribution in [0.3, 0.4) is 0 Å². The van der Waals surface area contributed by atoms with E-state index in [2.05, 4.69) is 5.32 Å². The van der Waals surface area contributed by atoms with E-state index in [9.17, 15) is 9.18 Å². The van der Waals surface area contributed by atoms with E-state index in [-0.39, 0.29) is 11.7 Å². The van der Waals surface area contributed by atoms with E-state index in [0.29, 0.717) is 21.2 Å². The Morgan fingerprint density at radius 3 is 2.63 bits per heavy atom. The normalized spacial score (nSPS) is 10.4. The quantitative estimate of drug-likeness (QED) is 0.856. The van der Waals surface area contributed by atoms with Gasteiger partial charge >= 0.3 is 0 Å². The van der Waals surface area contributed by atoms with Crippen LogP contribution in [0.15, 0.2) is 24.3 Å². The summed E-state index contributed by atoms with van der Waals surface area (Å²) in [6.07, 6.45) is 0. The smallest absolute Gasteiger partial charge is 0.265 e. The summed E-state index contributed by atoms with van der Waals surface area (Å²) in [7, 11) is 1.71. The van der Waals surface area contributed by atoms with E-state index in [4.69, 9.17) is 18.0 Å². The van der Waals surface area contributed by atoms with Crippen LogP contribution in [0, 0.1) is 9.77 Å². The van der Waals surface area contributed by atoms with Gasteiger partial charge in [-0.1, -0.05) is 23.5 Å². The van der Waals surface area contributed by atoms with E-state index >= 15 is 0 Å². The maximum Gasteiger partial charge on any atom is 0.265 e. The van der Waals surface area contributed by atoms with Crippen molar-refractivity contribution in [2.75, 3.05) is 5.73 Å². The molecule has 4 nitrogen and oxygen atoms in total. The predicted molar refractivity (Wildman–Crippen MR) is 76.1 cm³/mol. The van der Waals surface area contributed by atoms with Gasteiger partial charge in [-0.15, -0.1) is 0 Å². The molecule has 2 rings (SSSR count). The number of benzene rings is 1. The van der Waals surface area contributed by atoms with Crippen LogP contribution < -0.4 is 11.1 Å². The molecular weight excluding hydrogens is 285 g/mol. The first-order chi connectivity index (χ1) is 8.99. The molecule has 19 heavy (non-hydrogen) atoms. The van der Waals surface area contributed by atoms with Gasteiger partial charge in [0.25, 0.3) is 5.91 Å². The predicted octanol–water partition coefficient (Wildman–Crippen LogP) is 2.47. The first-order valence-electron chi connectivity index (χ1n) is 5.47. The molecule has 0 saturated carbocycles. The number of carbonyl (C=O) groups is 1. The van der Waals surface area contributed by atoms with Gasteiger partial charge < -0.3 is 15.6 Å². The molecule has 0 aliphatic carbocycles. The second-order valence-corrected chi connectivity index (χ2v) is 5.59. The highest BCUT2D eigenvalue weighted by atomic mass is 32.1. The van der Waals surface area contributed by atoms with Gasteiger partial charge in [-0.25, -0.2) is 4.39 Å². The van der Waals surface area contributed by atoms with Crippen LogP contribution >= 0.6 is 23.6 Å². The van der Waals surface area contributed by atoms with Crippen molar-refractivity contribution in [2.24, 2.45) is 7.05 Å². The maximum absolute atomic E-state index is 12.7. The van der Waals surface area contributed by atoms with Gasteiger partial charge in [-0.05, 0) is 29.9 Å². The van der Waals surface area contributed by atoms with Crippen molar-refractivity contribution >= 4 is 35.3 Å². The molecule has 1 heterocycles. The highest BCUT2D eigenvalue weighted by Crippen LogP contribution is 2.20. The molecule has 3 N–H and O–H groups in total. The largest absolute Gasteiger partial charge is 0.384 e. The number of nitrogen functional groups attached to an aromatic ring is 1. The topological polar surface area (TPSA) is 60.0 Å². The minimum absolute atomic E-state index is 0.279. The standard InChI is InChI=1S/C12H12FN3OS2/c1-16-10(14)9(19-12(16)18)11(17)15-6-7-2-4-8(13)5-3-7/h2-5H,6,14H2,1H3,(H,15,17). The van der Waals surface area contributed by atoms with E-state index in [1.807, 2.05) is 0 Å². The van der Waals surface area contributed by atoms with Crippen LogP contribution in [0.25, 0.3) is 0 Å². The van der Waals surface area contributed by atoms with Crippen LogP contribution in [0.4, 0.5) is 10.2 Å². The summed E-state index contributed by atoms with van der Waals surface area (Å²) in [5, 5.41) is 2.73. The molecule has 0 atom stereocenters. The number of aromatic nitrogens is 1. The molecule has 0 spiro atoms. The summed E-state index contributed by atoms with van der Waals surface area (Å²) in [6.45, 7) is 0.312. The van der Waals surface area contributed by atoms with Crippen molar-refractivity contribution in [3.8, 4) is 0 Å². The van der Waals surface area contributed by atoms with Gasteiger partial charge in [0.05, 0.1) is 0 Å². The lowest BCUT2D eigenvalue weighted by atomic mass is 10.2. The van der Waals surface area contributed by atoms with Crippen molar-refractivity contribution in [1.29, 1.82) is 0 Å². The number of hydrogen-bond acceptors (Lipinski definition) is 4. The molecule has 0 saturated heterocycles. The summed E-state index contributed by atoms with van der Waals surface area (Å²) in [5.41, 5.74) is 6.60. The first kappa shape index (κ1) is 13.7. The summed E-state index contributed by atoms with van der Waals surface area (Å²) >= 11 is 6.22. The number of thiazole rings is 1. The zero-order chi connectivity index (χ0) is 14.0. The van der Waals surface area contributed by atoms with Crippen molar-refractivity contribution in [3.05, 3.63) is 44.5 Å². The lowest BCUT2D eigenvalue weighted by Gasteiger charge is -2.04. The molecule has 100 valence electrons. The summed E-state index contributed by atoms with van der Waals surface area (Å²) in [5.74, 6) is -0.231. The first-order valence-corrected chi connectivity index (χ1v) is 6.69. The van der Waals surface area contributed by atoms with Gasteiger partial charge in [-0.3, -0.25) is 4.79 Å². The fourth-order valence-corrected chi connectivity index (χ4v) is 2.65.